The van der Waals surface area contributed by atoms with Crippen molar-refractivity contribution in [3.63, 3.8) is 0 Å². The third-order valence-electron chi connectivity index (χ3n) is 3.01. The molecule has 0 aromatic rings. The second-order valence-electron chi connectivity index (χ2n) is 5.05. The van der Waals surface area contributed by atoms with Crippen LogP contribution in [0, 0.1) is 0 Å². The number of rotatable bonds is 6. The Morgan fingerprint density at radius 2 is 1.83 bits per heavy atom. The molecule has 8 nitrogen and oxygen atoms in total. The van der Waals surface area contributed by atoms with Gasteiger partial charge in [0.25, 0.3) is 0 Å². The highest BCUT2D eigenvalue weighted by atomic mass is 19.1. The van der Waals surface area contributed by atoms with Crippen molar-refractivity contribution in [2.45, 2.75) is 58.2 Å². The molecule has 1 aliphatic heterocycles. The molecule has 4 atom stereocenters. The second-order valence-corrected chi connectivity index (χ2v) is 5.05. The monoisotopic (exact) mass is 335 g/mol. The molecule has 23 heavy (non-hydrogen) atoms. The zero-order valence-corrected chi connectivity index (χ0v) is 13.4. The molecule has 1 saturated heterocycles. The van der Waals surface area contributed by atoms with Crippen molar-refractivity contribution >= 4 is 18.0 Å². The van der Waals surface area contributed by atoms with Crippen molar-refractivity contribution in [1.29, 1.82) is 0 Å². The highest BCUT2D eigenvalue weighted by Gasteiger charge is 2.44. The van der Waals surface area contributed by atoms with E-state index in [-0.39, 0.29) is 6.42 Å². The van der Waals surface area contributed by atoms with E-state index in [9.17, 15) is 18.8 Å². The Hall–Kier alpha value is -1.90. The number of carbonyl (C=O) groups excluding carboxylic acids is 3. The fourth-order valence-corrected chi connectivity index (χ4v) is 2.15. The molecule has 132 valence electrons. The molecule has 1 fully saturated rings. The summed E-state index contributed by atoms with van der Waals surface area (Å²) >= 11 is 0. The number of alkyl halides is 1. The number of esters is 2. The molecular weight excluding hydrogens is 313 g/mol. The average Bonchev–Trinajstić information content (AvgIpc) is 2.46. The van der Waals surface area contributed by atoms with Gasteiger partial charge in [-0.05, 0) is 6.42 Å². The summed E-state index contributed by atoms with van der Waals surface area (Å²) in [5, 5.41) is 2.48. The van der Waals surface area contributed by atoms with Gasteiger partial charge in [-0.15, -0.1) is 0 Å². The van der Waals surface area contributed by atoms with Crippen LogP contribution in [0.25, 0.3) is 0 Å². The van der Waals surface area contributed by atoms with Crippen LogP contribution in [0.1, 0.15) is 33.6 Å². The third-order valence-corrected chi connectivity index (χ3v) is 3.01. The molecule has 1 N–H and O–H groups in total. The summed E-state index contributed by atoms with van der Waals surface area (Å²) < 4.78 is 33.5. The normalized spacial score (nSPS) is 27.0. The SMILES string of the molecule is CCCNC(=O)O[C@H]1C[C@@H](OC(C)=O)[C@H](OC(C)=O)[C@@H](CF)O1. The van der Waals surface area contributed by atoms with Crippen molar-refractivity contribution in [2.75, 3.05) is 13.2 Å². The summed E-state index contributed by atoms with van der Waals surface area (Å²) in [5.74, 6) is -1.28. The van der Waals surface area contributed by atoms with Gasteiger partial charge in [-0.3, -0.25) is 9.59 Å². The predicted octanol–water partition coefficient (Wildman–Crippen LogP) is 1.07. The van der Waals surface area contributed by atoms with E-state index in [4.69, 9.17) is 18.9 Å². The fraction of sp³-hybridized carbons (Fsp3) is 0.786. The predicted molar refractivity (Wildman–Crippen MR) is 75.1 cm³/mol. The first-order valence-corrected chi connectivity index (χ1v) is 7.37. The van der Waals surface area contributed by atoms with E-state index in [1.54, 1.807) is 0 Å². The minimum absolute atomic E-state index is 0.0619. The minimum atomic E-state index is -1.19. The Kier molecular flexibility index (Phi) is 7.73. The Labute approximate surface area is 133 Å². The van der Waals surface area contributed by atoms with Crippen LogP contribution in [-0.2, 0) is 28.5 Å². The lowest BCUT2D eigenvalue weighted by atomic mass is 10.0. The number of carbonyl (C=O) groups is 3. The fourth-order valence-electron chi connectivity index (χ4n) is 2.15. The van der Waals surface area contributed by atoms with Gasteiger partial charge >= 0.3 is 18.0 Å². The number of halogens is 1. The molecule has 0 bridgehead atoms. The van der Waals surface area contributed by atoms with Crippen molar-refractivity contribution in [3.8, 4) is 0 Å². The maximum atomic E-state index is 13.2. The molecule has 0 aromatic heterocycles. The van der Waals surface area contributed by atoms with Crippen LogP contribution in [0.3, 0.4) is 0 Å². The van der Waals surface area contributed by atoms with E-state index in [0.29, 0.717) is 6.54 Å². The van der Waals surface area contributed by atoms with Crippen molar-refractivity contribution in [1.82, 2.24) is 5.32 Å². The van der Waals surface area contributed by atoms with Crippen LogP contribution in [0.2, 0.25) is 0 Å². The molecule has 1 amide bonds. The molecule has 1 rings (SSSR count). The van der Waals surface area contributed by atoms with E-state index < -0.39 is 49.3 Å². The zero-order chi connectivity index (χ0) is 17.4. The van der Waals surface area contributed by atoms with Gasteiger partial charge < -0.3 is 24.3 Å². The van der Waals surface area contributed by atoms with Gasteiger partial charge in [0.05, 0.1) is 6.42 Å². The van der Waals surface area contributed by atoms with Gasteiger partial charge in [0.15, 0.2) is 6.10 Å². The summed E-state index contributed by atoms with van der Waals surface area (Å²) in [6, 6.07) is 0. The Bertz CT molecular complexity index is 431. The highest BCUT2D eigenvalue weighted by Crippen LogP contribution is 2.27. The lowest BCUT2D eigenvalue weighted by Crippen LogP contribution is -2.54. The van der Waals surface area contributed by atoms with Crippen LogP contribution in [0.4, 0.5) is 9.18 Å². The first kappa shape index (κ1) is 19.1. The molecule has 0 unspecified atom stereocenters. The lowest BCUT2D eigenvalue weighted by Gasteiger charge is -2.38. The van der Waals surface area contributed by atoms with Crippen LogP contribution >= 0.6 is 0 Å². The molecule has 9 heteroatoms. The quantitative estimate of drug-likeness (QED) is 0.572. The Morgan fingerprint density at radius 3 is 2.35 bits per heavy atom. The highest BCUT2D eigenvalue weighted by molar-refractivity contribution is 5.68. The molecule has 0 aliphatic carbocycles. The maximum Gasteiger partial charge on any atom is 0.409 e. The maximum absolute atomic E-state index is 13.2. The topological polar surface area (TPSA) is 100 Å². The van der Waals surface area contributed by atoms with Crippen LogP contribution in [0.15, 0.2) is 0 Å². The van der Waals surface area contributed by atoms with Gasteiger partial charge in [-0.1, -0.05) is 6.92 Å². The van der Waals surface area contributed by atoms with E-state index in [1.165, 1.54) is 6.92 Å². The molecule has 0 radical (unpaired) electrons. The third kappa shape index (κ3) is 6.39. The number of hydrogen-bond donors (Lipinski definition) is 1. The molecule has 0 saturated carbocycles. The number of nitrogens with one attached hydrogen (secondary N) is 1. The van der Waals surface area contributed by atoms with E-state index in [2.05, 4.69) is 5.32 Å². The molecular formula is C14H22FNO7. The van der Waals surface area contributed by atoms with Gasteiger partial charge in [-0.25, -0.2) is 9.18 Å². The minimum Gasteiger partial charge on any atom is -0.458 e. The van der Waals surface area contributed by atoms with Gasteiger partial charge in [0.2, 0.25) is 6.29 Å². The number of hydrogen-bond acceptors (Lipinski definition) is 7. The number of alkyl carbamates (subject to hydrolysis) is 1. The van der Waals surface area contributed by atoms with E-state index in [0.717, 1.165) is 13.3 Å². The summed E-state index contributed by atoms with van der Waals surface area (Å²) in [4.78, 5) is 33.9. The van der Waals surface area contributed by atoms with E-state index in [1.807, 2.05) is 6.92 Å². The second kappa shape index (κ2) is 9.29. The van der Waals surface area contributed by atoms with Crippen molar-refractivity contribution in [3.05, 3.63) is 0 Å². The Balaban J connectivity index is 2.77. The van der Waals surface area contributed by atoms with Crippen molar-refractivity contribution < 1.29 is 37.7 Å². The first-order valence-electron chi connectivity index (χ1n) is 7.37. The summed E-state index contributed by atoms with van der Waals surface area (Å²) in [5.41, 5.74) is 0. The van der Waals surface area contributed by atoms with Crippen molar-refractivity contribution in [2.24, 2.45) is 0 Å². The average molecular weight is 335 g/mol. The van der Waals surface area contributed by atoms with Gasteiger partial charge in [0, 0.05) is 20.4 Å². The zero-order valence-electron chi connectivity index (χ0n) is 13.4. The summed E-state index contributed by atoms with van der Waals surface area (Å²) in [6.45, 7) is 3.63. The van der Waals surface area contributed by atoms with Gasteiger partial charge in [0.1, 0.15) is 18.9 Å². The van der Waals surface area contributed by atoms with Crippen LogP contribution in [-0.4, -0.2) is 55.9 Å². The standard InChI is InChI=1S/C14H22FNO7/c1-4-5-16-14(19)23-12-6-10(20-8(2)17)13(21-9(3)18)11(7-15)22-12/h10-13H,4-7H2,1-3H3,(H,16,19)/t10-,11-,12+,13+/m1/s1. The number of ether oxygens (including phenoxy) is 4. The molecule has 1 heterocycles. The largest absolute Gasteiger partial charge is 0.458 e. The van der Waals surface area contributed by atoms with Crippen LogP contribution < -0.4 is 5.32 Å². The summed E-state index contributed by atoms with van der Waals surface area (Å²) in [7, 11) is 0. The first-order chi connectivity index (χ1) is 10.9. The van der Waals surface area contributed by atoms with E-state index >= 15 is 0 Å². The molecule has 0 aromatic carbocycles. The number of amides is 1. The molecule has 0 spiro atoms. The lowest BCUT2D eigenvalue weighted by molar-refractivity contribution is -0.246. The summed E-state index contributed by atoms with van der Waals surface area (Å²) in [6.07, 6.45) is -4.42. The van der Waals surface area contributed by atoms with Crippen LogP contribution in [0.5, 0.6) is 0 Å². The molecule has 1 aliphatic rings. The van der Waals surface area contributed by atoms with Gasteiger partial charge in [-0.2, -0.15) is 0 Å². The Morgan fingerprint density at radius 1 is 1.17 bits per heavy atom. The smallest absolute Gasteiger partial charge is 0.409 e.